The third-order valence-electron chi connectivity index (χ3n) is 2.57. The Labute approximate surface area is 114 Å². The molecule has 1 unspecified atom stereocenters. The molecular weight excluding hydrogens is 244 g/mol. The van der Waals surface area contributed by atoms with Crippen LogP contribution in [-0.2, 0) is 11.3 Å². The fourth-order valence-corrected chi connectivity index (χ4v) is 1.61. The standard InChI is InChI=1S/C14H22N2O3/c1-4-16-14(17)10(3)19-12-7-6-11(9-15)8-13(12)18-5-2/h6-8,10H,4-5,9,15H2,1-3H3,(H,16,17). The minimum absolute atomic E-state index is 0.146. The number of benzene rings is 1. The van der Waals surface area contributed by atoms with Gasteiger partial charge in [0.15, 0.2) is 17.6 Å². The van der Waals surface area contributed by atoms with E-state index in [0.29, 0.717) is 31.2 Å². The molecule has 0 spiro atoms. The van der Waals surface area contributed by atoms with Crippen LogP contribution >= 0.6 is 0 Å². The van der Waals surface area contributed by atoms with E-state index in [1.165, 1.54) is 0 Å². The van der Waals surface area contributed by atoms with Crippen LogP contribution in [0, 0.1) is 0 Å². The molecule has 5 heteroatoms. The van der Waals surface area contributed by atoms with Crippen molar-refractivity contribution in [1.82, 2.24) is 5.32 Å². The average molecular weight is 266 g/mol. The third kappa shape index (κ3) is 4.44. The normalized spacial score (nSPS) is 11.8. The van der Waals surface area contributed by atoms with Gasteiger partial charge in [-0.1, -0.05) is 6.07 Å². The molecule has 3 N–H and O–H groups in total. The first kappa shape index (κ1) is 15.3. The molecule has 0 fully saturated rings. The molecule has 1 amide bonds. The molecule has 0 aromatic heterocycles. The summed E-state index contributed by atoms with van der Waals surface area (Å²) in [7, 11) is 0. The second-order valence-electron chi connectivity index (χ2n) is 4.07. The molecule has 0 saturated heterocycles. The highest BCUT2D eigenvalue weighted by Crippen LogP contribution is 2.29. The van der Waals surface area contributed by atoms with Crippen LogP contribution in [0.4, 0.5) is 0 Å². The number of amides is 1. The van der Waals surface area contributed by atoms with Crippen molar-refractivity contribution < 1.29 is 14.3 Å². The van der Waals surface area contributed by atoms with Crippen molar-refractivity contribution in [3.8, 4) is 11.5 Å². The summed E-state index contributed by atoms with van der Waals surface area (Å²) in [4.78, 5) is 11.6. The van der Waals surface area contributed by atoms with Crippen molar-refractivity contribution in [3.05, 3.63) is 23.8 Å². The Morgan fingerprint density at radius 1 is 1.37 bits per heavy atom. The molecule has 1 aromatic rings. The van der Waals surface area contributed by atoms with E-state index in [-0.39, 0.29) is 5.91 Å². The second-order valence-corrected chi connectivity index (χ2v) is 4.07. The van der Waals surface area contributed by atoms with Gasteiger partial charge in [-0.3, -0.25) is 4.79 Å². The maximum atomic E-state index is 11.6. The Kier molecular flexibility index (Phi) is 6.15. The van der Waals surface area contributed by atoms with Crippen LogP contribution in [0.2, 0.25) is 0 Å². The van der Waals surface area contributed by atoms with Gasteiger partial charge in [-0.25, -0.2) is 0 Å². The molecule has 1 atom stereocenters. The van der Waals surface area contributed by atoms with E-state index in [0.717, 1.165) is 5.56 Å². The van der Waals surface area contributed by atoms with Crippen molar-refractivity contribution in [2.75, 3.05) is 13.2 Å². The monoisotopic (exact) mass is 266 g/mol. The van der Waals surface area contributed by atoms with Crippen molar-refractivity contribution >= 4 is 5.91 Å². The van der Waals surface area contributed by atoms with Crippen molar-refractivity contribution in [2.24, 2.45) is 5.73 Å². The summed E-state index contributed by atoms with van der Waals surface area (Å²) < 4.78 is 11.1. The SMILES string of the molecule is CCNC(=O)C(C)Oc1ccc(CN)cc1OCC. The molecular formula is C14H22N2O3. The Balaban J connectivity index is 2.84. The summed E-state index contributed by atoms with van der Waals surface area (Å²) in [5.74, 6) is 1.02. The van der Waals surface area contributed by atoms with E-state index in [4.69, 9.17) is 15.2 Å². The molecule has 5 nitrogen and oxygen atoms in total. The van der Waals surface area contributed by atoms with E-state index in [2.05, 4.69) is 5.32 Å². The van der Waals surface area contributed by atoms with E-state index in [1.54, 1.807) is 13.0 Å². The zero-order valence-electron chi connectivity index (χ0n) is 11.7. The van der Waals surface area contributed by atoms with Gasteiger partial charge in [0, 0.05) is 13.1 Å². The van der Waals surface area contributed by atoms with Gasteiger partial charge in [-0.15, -0.1) is 0 Å². The van der Waals surface area contributed by atoms with E-state index >= 15 is 0 Å². The number of rotatable bonds is 7. The van der Waals surface area contributed by atoms with Gasteiger partial charge in [0.2, 0.25) is 0 Å². The van der Waals surface area contributed by atoms with Gasteiger partial charge in [-0.2, -0.15) is 0 Å². The number of nitrogens with one attached hydrogen (secondary N) is 1. The molecule has 1 rings (SSSR count). The first-order valence-electron chi connectivity index (χ1n) is 6.52. The molecule has 0 saturated carbocycles. The lowest BCUT2D eigenvalue weighted by molar-refractivity contribution is -0.127. The molecule has 0 aliphatic carbocycles. The molecule has 19 heavy (non-hydrogen) atoms. The van der Waals surface area contributed by atoms with Gasteiger partial charge in [0.1, 0.15) is 0 Å². The van der Waals surface area contributed by atoms with Gasteiger partial charge in [0.25, 0.3) is 5.91 Å². The Bertz CT molecular complexity index is 421. The minimum atomic E-state index is -0.567. The molecule has 0 aliphatic rings. The fraction of sp³-hybridized carbons (Fsp3) is 0.500. The highest BCUT2D eigenvalue weighted by Gasteiger charge is 2.16. The van der Waals surface area contributed by atoms with E-state index < -0.39 is 6.10 Å². The van der Waals surface area contributed by atoms with Crippen LogP contribution in [0.1, 0.15) is 26.3 Å². The number of carbonyl (C=O) groups is 1. The average Bonchev–Trinajstić information content (AvgIpc) is 2.41. The molecule has 1 aromatic carbocycles. The summed E-state index contributed by atoms with van der Waals surface area (Å²) in [6.07, 6.45) is -0.567. The number of ether oxygens (including phenoxy) is 2. The van der Waals surface area contributed by atoms with Gasteiger partial charge in [0.05, 0.1) is 6.61 Å². The van der Waals surface area contributed by atoms with Gasteiger partial charge in [-0.05, 0) is 38.5 Å². The fourth-order valence-electron chi connectivity index (χ4n) is 1.61. The quantitative estimate of drug-likeness (QED) is 0.783. The Hall–Kier alpha value is -1.75. The minimum Gasteiger partial charge on any atom is -0.490 e. The molecule has 0 heterocycles. The molecule has 0 aliphatic heterocycles. The van der Waals surface area contributed by atoms with Crippen LogP contribution in [0.25, 0.3) is 0 Å². The van der Waals surface area contributed by atoms with Crippen LogP contribution < -0.4 is 20.5 Å². The van der Waals surface area contributed by atoms with Crippen LogP contribution in [0.15, 0.2) is 18.2 Å². The van der Waals surface area contributed by atoms with Gasteiger partial charge >= 0.3 is 0 Å². The van der Waals surface area contributed by atoms with Crippen LogP contribution in [-0.4, -0.2) is 25.2 Å². The van der Waals surface area contributed by atoms with Crippen LogP contribution in [0.3, 0.4) is 0 Å². The zero-order valence-corrected chi connectivity index (χ0v) is 11.7. The van der Waals surface area contributed by atoms with E-state index in [1.807, 2.05) is 26.0 Å². The Morgan fingerprint density at radius 3 is 2.68 bits per heavy atom. The van der Waals surface area contributed by atoms with Crippen molar-refractivity contribution in [3.63, 3.8) is 0 Å². The summed E-state index contributed by atoms with van der Waals surface area (Å²) in [6.45, 7) is 7.01. The smallest absolute Gasteiger partial charge is 0.260 e. The zero-order chi connectivity index (χ0) is 14.3. The maximum absolute atomic E-state index is 11.6. The second kappa shape index (κ2) is 7.63. The Morgan fingerprint density at radius 2 is 2.11 bits per heavy atom. The first-order valence-corrected chi connectivity index (χ1v) is 6.52. The predicted molar refractivity (Wildman–Crippen MR) is 74.3 cm³/mol. The number of carbonyl (C=O) groups excluding carboxylic acids is 1. The molecule has 0 radical (unpaired) electrons. The van der Waals surface area contributed by atoms with Crippen molar-refractivity contribution in [1.29, 1.82) is 0 Å². The summed E-state index contributed by atoms with van der Waals surface area (Å²) in [5.41, 5.74) is 6.55. The number of hydrogen-bond donors (Lipinski definition) is 2. The lowest BCUT2D eigenvalue weighted by Gasteiger charge is -2.17. The highest BCUT2D eigenvalue weighted by atomic mass is 16.5. The number of likely N-dealkylation sites (N-methyl/N-ethyl adjacent to an activating group) is 1. The maximum Gasteiger partial charge on any atom is 0.260 e. The first-order chi connectivity index (χ1) is 9.12. The lowest BCUT2D eigenvalue weighted by Crippen LogP contribution is -2.36. The molecule has 0 bridgehead atoms. The summed E-state index contributed by atoms with van der Waals surface area (Å²) in [6, 6.07) is 5.48. The summed E-state index contributed by atoms with van der Waals surface area (Å²) >= 11 is 0. The number of nitrogens with two attached hydrogens (primary N) is 1. The molecule has 106 valence electrons. The van der Waals surface area contributed by atoms with Crippen LogP contribution in [0.5, 0.6) is 11.5 Å². The largest absolute Gasteiger partial charge is 0.490 e. The lowest BCUT2D eigenvalue weighted by atomic mass is 10.2. The third-order valence-corrected chi connectivity index (χ3v) is 2.57. The topological polar surface area (TPSA) is 73.6 Å². The predicted octanol–water partition coefficient (Wildman–Crippen LogP) is 1.45. The van der Waals surface area contributed by atoms with E-state index in [9.17, 15) is 4.79 Å². The summed E-state index contributed by atoms with van der Waals surface area (Å²) in [5, 5.41) is 2.71. The number of hydrogen-bond acceptors (Lipinski definition) is 4. The van der Waals surface area contributed by atoms with Gasteiger partial charge < -0.3 is 20.5 Å². The van der Waals surface area contributed by atoms with Crippen molar-refractivity contribution in [2.45, 2.75) is 33.4 Å². The highest BCUT2D eigenvalue weighted by molar-refractivity contribution is 5.80.